The van der Waals surface area contributed by atoms with Crippen LogP contribution in [0.1, 0.15) is 28.8 Å². The van der Waals surface area contributed by atoms with Gasteiger partial charge in [-0.2, -0.15) is 0 Å². The van der Waals surface area contributed by atoms with Crippen LogP contribution in [-0.2, 0) is 6.42 Å². The molecular weight excluding hydrogens is 291 g/mol. The van der Waals surface area contributed by atoms with Gasteiger partial charge in [0.2, 0.25) is 0 Å². The molecule has 1 aromatic rings. The minimum atomic E-state index is -1.99. The van der Waals surface area contributed by atoms with Gasteiger partial charge < -0.3 is 0 Å². The number of aryl methyl sites for hydroxylation is 1. The van der Waals surface area contributed by atoms with Crippen LogP contribution < -0.4 is 3.58 Å². The van der Waals surface area contributed by atoms with Crippen LogP contribution in [0.4, 0.5) is 0 Å². The Labute approximate surface area is 95.8 Å². The third kappa shape index (κ3) is 2.27. The van der Waals surface area contributed by atoms with Crippen molar-refractivity contribution >= 4 is 27.7 Å². The average Bonchev–Trinajstić information content (AvgIpc) is 2.16. The third-order valence-electron chi connectivity index (χ3n) is 3.13. The van der Waals surface area contributed by atoms with Gasteiger partial charge in [-0.25, -0.2) is 0 Å². The van der Waals surface area contributed by atoms with Crippen molar-refractivity contribution in [3.8, 4) is 0 Å². The van der Waals surface area contributed by atoms with E-state index < -0.39 is 18.4 Å². The standard InChI is InChI=1S/C10H9O.3CH3.Sn/c11-10-7-3-5-8-4-1-2-6-9(8)10;;;;/h1,4,6H,3,5,7H2;3*1H3;. The van der Waals surface area contributed by atoms with E-state index in [2.05, 4.69) is 33.0 Å². The van der Waals surface area contributed by atoms with Crippen molar-refractivity contribution in [3.63, 3.8) is 0 Å². The Morgan fingerprint density at radius 3 is 2.53 bits per heavy atom. The second-order valence-corrected chi connectivity index (χ2v) is 19.9. The molecule has 0 radical (unpaired) electrons. The Morgan fingerprint density at radius 2 is 1.87 bits per heavy atom. The molecule has 0 heterocycles. The van der Waals surface area contributed by atoms with Crippen LogP contribution in [-0.4, -0.2) is 24.2 Å². The van der Waals surface area contributed by atoms with Gasteiger partial charge in [-0.1, -0.05) is 0 Å². The third-order valence-corrected chi connectivity index (χ3v) is 8.96. The van der Waals surface area contributed by atoms with E-state index >= 15 is 0 Å². The molecule has 0 saturated carbocycles. The van der Waals surface area contributed by atoms with E-state index in [0.717, 1.165) is 24.8 Å². The van der Waals surface area contributed by atoms with E-state index in [9.17, 15) is 4.79 Å². The van der Waals surface area contributed by atoms with Gasteiger partial charge in [-0.3, -0.25) is 0 Å². The zero-order chi connectivity index (χ0) is 11.1. The van der Waals surface area contributed by atoms with Gasteiger partial charge in [0.05, 0.1) is 0 Å². The van der Waals surface area contributed by atoms with Gasteiger partial charge in [0, 0.05) is 0 Å². The summed E-state index contributed by atoms with van der Waals surface area (Å²) in [6, 6.07) is 6.63. The molecule has 0 N–H and O–H groups in total. The van der Waals surface area contributed by atoms with Crippen LogP contribution >= 0.6 is 0 Å². The van der Waals surface area contributed by atoms with E-state index in [-0.39, 0.29) is 0 Å². The van der Waals surface area contributed by atoms with Crippen molar-refractivity contribution in [3.05, 3.63) is 29.3 Å². The number of carbonyl (C=O) groups excluding carboxylic acids is 1. The molecule has 0 spiro atoms. The van der Waals surface area contributed by atoms with Gasteiger partial charge >= 0.3 is 95.9 Å². The molecule has 2 heteroatoms. The number of rotatable bonds is 1. The van der Waals surface area contributed by atoms with Crippen LogP contribution in [0.5, 0.6) is 0 Å². The summed E-state index contributed by atoms with van der Waals surface area (Å²) >= 11 is -1.99. The summed E-state index contributed by atoms with van der Waals surface area (Å²) in [5.41, 5.74) is 2.29. The fourth-order valence-electron chi connectivity index (χ4n) is 2.09. The van der Waals surface area contributed by atoms with E-state index in [1.165, 1.54) is 9.14 Å². The normalized spacial score (nSPS) is 16.3. The molecule has 0 amide bonds. The first-order valence-electron chi connectivity index (χ1n) is 5.65. The molecule has 0 aliphatic heterocycles. The fourth-order valence-corrected chi connectivity index (χ4v) is 5.41. The summed E-state index contributed by atoms with van der Waals surface area (Å²) in [4.78, 5) is 19.0. The molecule has 80 valence electrons. The number of benzene rings is 1. The van der Waals surface area contributed by atoms with Crippen molar-refractivity contribution in [2.75, 3.05) is 0 Å². The van der Waals surface area contributed by atoms with Crippen LogP contribution in [0.2, 0.25) is 14.8 Å². The second kappa shape index (κ2) is 3.93. The molecule has 1 aliphatic carbocycles. The van der Waals surface area contributed by atoms with E-state index in [1.807, 2.05) is 0 Å². The van der Waals surface area contributed by atoms with Crippen molar-refractivity contribution in [1.82, 2.24) is 0 Å². The summed E-state index contributed by atoms with van der Waals surface area (Å²) in [5, 5.41) is 0. The van der Waals surface area contributed by atoms with E-state index in [0.29, 0.717) is 5.78 Å². The summed E-state index contributed by atoms with van der Waals surface area (Å²) in [5.74, 6) is 0.355. The Bertz CT molecular complexity index is 401. The fraction of sp³-hybridized carbons (Fsp3) is 0.462. The number of fused-ring (bicyclic) bond motifs is 1. The van der Waals surface area contributed by atoms with Crippen LogP contribution in [0.25, 0.3) is 0 Å². The van der Waals surface area contributed by atoms with Crippen molar-refractivity contribution in [1.29, 1.82) is 0 Å². The molecule has 0 aromatic heterocycles. The van der Waals surface area contributed by atoms with Crippen LogP contribution in [0.15, 0.2) is 18.2 Å². The Morgan fingerprint density at radius 1 is 1.13 bits per heavy atom. The Hall–Kier alpha value is -0.311. The van der Waals surface area contributed by atoms with E-state index in [1.54, 1.807) is 0 Å². The first-order valence-corrected chi connectivity index (χ1v) is 15.6. The van der Waals surface area contributed by atoms with E-state index in [4.69, 9.17) is 0 Å². The maximum absolute atomic E-state index is 11.8. The molecule has 0 fully saturated rings. The summed E-state index contributed by atoms with van der Waals surface area (Å²) in [6.07, 6.45) is 2.86. The first-order chi connectivity index (χ1) is 6.98. The number of ketones is 1. The molecule has 2 rings (SSSR count). The molecule has 0 unspecified atom stereocenters. The number of hydrogen-bond donors (Lipinski definition) is 0. The molecule has 0 saturated heterocycles. The minimum absolute atomic E-state index is 0.355. The second-order valence-electron chi connectivity index (χ2n) is 5.40. The topological polar surface area (TPSA) is 17.1 Å². The molecule has 0 bridgehead atoms. The molecular formula is C13H18OSn. The summed E-state index contributed by atoms with van der Waals surface area (Å²) in [6.45, 7) is 0. The Balaban J connectivity index is 2.49. The number of Topliss-reactive ketones (excluding diaryl/α,β-unsaturated/α-hetero) is 1. The molecule has 1 aromatic carbocycles. The monoisotopic (exact) mass is 310 g/mol. The summed E-state index contributed by atoms with van der Waals surface area (Å²) in [7, 11) is 0. The van der Waals surface area contributed by atoms with Crippen LogP contribution in [0.3, 0.4) is 0 Å². The van der Waals surface area contributed by atoms with Crippen molar-refractivity contribution < 1.29 is 4.79 Å². The molecule has 15 heavy (non-hydrogen) atoms. The number of carbonyl (C=O) groups is 1. The molecule has 1 aliphatic rings. The van der Waals surface area contributed by atoms with Gasteiger partial charge in [-0.05, 0) is 0 Å². The average molecular weight is 309 g/mol. The quantitative estimate of drug-likeness (QED) is 0.729. The van der Waals surface area contributed by atoms with Gasteiger partial charge in [0.1, 0.15) is 0 Å². The molecule has 1 nitrogen and oxygen atoms in total. The maximum atomic E-state index is 11.8. The number of hydrogen-bond acceptors (Lipinski definition) is 1. The zero-order valence-electron chi connectivity index (χ0n) is 9.76. The summed E-state index contributed by atoms with van der Waals surface area (Å²) < 4.78 is 1.47. The van der Waals surface area contributed by atoms with Crippen molar-refractivity contribution in [2.24, 2.45) is 0 Å². The predicted octanol–water partition coefficient (Wildman–Crippen LogP) is 2.75. The first kappa shape index (κ1) is 11.2. The van der Waals surface area contributed by atoms with Crippen molar-refractivity contribution in [2.45, 2.75) is 34.1 Å². The molecule has 0 atom stereocenters. The van der Waals surface area contributed by atoms with Gasteiger partial charge in [0.25, 0.3) is 0 Å². The predicted molar refractivity (Wildman–Crippen MR) is 66.7 cm³/mol. The zero-order valence-corrected chi connectivity index (χ0v) is 12.6. The Kier molecular flexibility index (Phi) is 2.93. The van der Waals surface area contributed by atoms with Gasteiger partial charge in [0.15, 0.2) is 0 Å². The van der Waals surface area contributed by atoms with Gasteiger partial charge in [-0.15, -0.1) is 0 Å². The SMILES string of the molecule is [CH3][Sn]([CH3])([CH3])[c]1ccc2c(c1)C(=O)CCC2. The van der Waals surface area contributed by atoms with Crippen LogP contribution in [0, 0.1) is 0 Å².